The normalized spacial score (nSPS) is 23.3. The monoisotopic (exact) mass is 363 g/mol. The quantitative estimate of drug-likeness (QED) is 0.864. The van der Waals surface area contributed by atoms with E-state index in [0.717, 1.165) is 5.56 Å². The Morgan fingerprint density at radius 3 is 2.69 bits per heavy atom. The SMILES string of the molecule is CC(C)CC1c2ccc(N3CC[C@H](N)C3=O)c(F)c2CCCN1C(=O)O. The van der Waals surface area contributed by atoms with Crippen LogP contribution in [0.5, 0.6) is 0 Å². The molecule has 2 aliphatic heterocycles. The van der Waals surface area contributed by atoms with Crippen molar-refractivity contribution in [3.8, 4) is 0 Å². The highest BCUT2D eigenvalue weighted by Crippen LogP contribution is 2.38. The first kappa shape index (κ1) is 18.6. The second-order valence-electron chi connectivity index (χ2n) is 7.58. The average molecular weight is 363 g/mol. The van der Waals surface area contributed by atoms with Gasteiger partial charge in [-0.15, -0.1) is 0 Å². The minimum atomic E-state index is -0.978. The number of fused-ring (bicyclic) bond motifs is 1. The fourth-order valence-electron chi connectivity index (χ4n) is 4.02. The maximum Gasteiger partial charge on any atom is 0.407 e. The molecule has 1 aromatic rings. The Bertz CT molecular complexity index is 722. The molecule has 1 saturated heterocycles. The van der Waals surface area contributed by atoms with E-state index in [-0.39, 0.29) is 23.6 Å². The maximum absolute atomic E-state index is 15.3. The second kappa shape index (κ2) is 7.23. The van der Waals surface area contributed by atoms with E-state index in [1.54, 1.807) is 12.1 Å². The van der Waals surface area contributed by atoms with Crippen molar-refractivity contribution in [3.05, 3.63) is 29.1 Å². The number of hydrogen-bond donors (Lipinski definition) is 2. The number of halogens is 1. The minimum Gasteiger partial charge on any atom is -0.465 e. The average Bonchev–Trinajstić information content (AvgIpc) is 2.79. The number of amides is 2. The lowest BCUT2D eigenvalue weighted by atomic mass is 9.91. The fraction of sp³-hybridized carbons (Fsp3) is 0.579. The molecule has 0 spiro atoms. The molecule has 1 unspecified atom stereocenters. The molecule has 0 bridgehead atoms. The molecular weight excluding hydrogens is 337 g/mol. The molecule has 0 saturated carbocycles. The lowest BCUT2D eigenvalue weighted by molar-refractivity contribution is -0.118. The zero-order valence-corrected chi connectivity index (χ0v) is 15.2. The number of carbonyl (C=O) groups excluding carboxylic acids is 1. The number of carbonyl (C=O) groups is 2. The molecule has 6 nitrogen and oxygen atoms in total. The molecule has 1 fully saturated rings. The van der Waals surface area contributed by atoms with Gasteiger partial charge in [-0.1, -0.05) is 19.9 Å². The van der Waals surface area contributed by atoms with Crippen LogP contribution in [0.1, 0.15) is 50.3 Å². The van der Waals surface area contributed by atoms with Gasteiger partial charge >= 0.3 is 6.09 Å². The van der Waals surface area contributed by atoms with Crippen LogP contribution in [-0.2, 0) is 11.2 Å². The van der Waals surface area contributed by atoms with Gasteiger partial charge in [-0.25, -0.2) is 9.18 Å². The van der Waals surface area contributed by atoms with Gasteiger partial charge in [0.1, 0.15) is 5.82 Å². The van der Waals surface area contributed by atoms with Crippen molar-refractivity contribution >= 4 is 17.7 Å². The molecule has 2 aliphatic rings. The van der Waals surface area contributed by atoms with Crippen molar-refractivity contribution in [1.82, 2.24) is 4.90 Å². The number of hydrogen-bond acceptors (Lipinski definition) is 3. The van der Waals surface area contributed by atoms with Crippen molar-refractivity contribution in [2.45, 2.75) is 51.6 Å². The zero-order valence-electron chi connectivity index (χ0n) is 15.2. The predicted molar refractivity (Wildman–Crippen MR) is 96.6 cm³/mol. The summed E-state index contributed by atoms with van der Waals surface area (Å²) in [5.41, 5.74) is 7.27. The first-order chi connectivity index (χ1) is 12.3. The molecule has 0 aromatic heterocycles. The molecule has 7 heteroatoms. The van der Waals surface area contributed by atoms with Gasteiger partial charge in [0.05, 0.1) is 17.8 Å². The number of carboxylic acid groups (broad SMARTS) is 1. The highest BCUT2D eigenvalue weighted by molar-refractivity contribution is 5.99. The van der Waals surface area contributed by atoms with Gasteiger partial charge in [-0.3, -0.25) is 4.79 Å². The molecule has 1 aromatic carbocycles. The highest BCUT2D eigenvalue weighted by Gasteiger charge is 2.35. The van der Waals surface area contributed by atoms with E-state index in [4.69, 9.17) is 5.73 Å². The molecule has 142 valence electrons. The summed E-state index contributed by atoms with van der Waals surface area (Å²) in [4.78, 5) is 26.7. The number of rotatable bonds is 3. The number of benzene rings is 1. The molecule has 2 heterocycles. The number of nitrogens with two attached hydrogens (primary N) is 1. The van der Waals surface area contributed by atoms with Gasteiger partial charge in [-0.05, 0) is 48.8 Å². The summed E-state index contributed by atoms with van der Waals surface area (Å²) in [6, 6.07) is 2.44. The molecule has 2 amide bonds. The third-order valence-corrected chi connectivity index (χ3v) is 5.30. The Kier molecular flexibility index (Phi) is 5.18. The Morgan fingerprint density at radius 1 is 1.38 bits per heavy atom. The summed E-state index contributed by atoms with van der Waals surface area (Å²) in [5, 5.41) is 9.60. The summed E-state index contributed by atoms with van der Waals surface area (Å²) in [6.07, 6.45) is 1.18. The van der Waals surface area contributed by atoms with E-state index < -0.39 is 18.0 Å². The second-order valence-corrected chi connectivity index (χ2v) is 7.58. The van der Waals surface area contributed by atoms with Crippen LogP contribution >= 0.6 is 0 Å². The third-order valence-electron chi connectivity index (χ3n) is 5.30. The predicted octanol–water partition coefficient (Wildman–Crippen LogP) is 2.90. The van der Waals surface area contributed by atoms with Crippen LogP contribution in [0.15, 0.2) is 12.1 Å². The van der Waals surface area contributed by atoms with Crippen molar-refractivity contribution < 1.29 is 19.1 Å². The maximum atomic E-state index is 15.3. The fourth-order valence-corrected chi connectivity index (χ4v) is 4.02. The summed E-state index contributed by atoms with van der Waals surface area (Å²) < 4.78 is 15.3. The number of nitrogens with zero attached hydrogens (tertiary/aromatic N) is 2. The van der Waals surface area contributed by atoms with Gasteiger partial charge in [0.15, 0.2) is 0 Å². The van der Waals surface area contributed by atoms with E-state index >= 15 is 4.39 Å². The van der Waals surface area contributed by atoms with Gasteiger partial charge in [-0.2, -0.15) is 0 Å². The van der Waals surface area contributed by atoms with Crippen LogP contribution in [0, 0.1) is 11.7 Å². The van der Waals surface area contributed by atoms with Gasteiger partial charge < -0.3 is 20.6 Å². The van der Waals surface area contributed by atoms with E-state index in [2.05, 4.69) is 0 Å². The minimum absolute atomic E-state index is 0.258. The van der Waals surface area contributed by atoms with Crippen LogP contribution in [0.25, 0.3) is 0 Å². The summed E-state index contributed by atoms with van der Waals surface area (Å²) in [6.45, 7) is 4.84. The molecule has 3 N–H and O–H groups in total. The smallest absolute Gasteiger partial charge is 0.407 e. The molecule has 0 radical (unpaired) electrons. The standard InChI is InChI=1S/C19H26FN3O3/c1-11(2)10-16-12-5-6-15(22-9-7-14(21)18(22)24)17(20)13(12)4-3-8-23(16)19(25)26/h5-6,11,14,16H,3-4,7-10,21H2,1-2H3,(H,25,26)/t14-,16?/m0/s1. The van der Waals surface area contributed by atoms with E-state index in [1.165, 1.54) is 9.80 Å². The molecular formula is C19H26FN3O3. The largest absolute Gasteiger partial charge is 0.465 e. The van der Waals surface area contributed by atoms with Crippen LogP contribution < -0.4 is 10.6 Å². The Hall–Kier alpha value is -2.15. The molecule has 0 aliphatic carbocycles. The Labute approximate surface area is 152 Å². The summed E-state index contributed by atoms with van der Waals surface area (Å²) in [5.74, 6) is -0.400. The van der Waals surface area contributed by atoms with E-state index in [9.17, 15) is 14.7 Å². The van der Waals surface area contributed by atoms with Crippen LogP contribution in [0.2, 0.25) is 0 Å². The number of anilines is 1. The first-order valence-electron chi connectivity index (χ1n) is 9.19. The highest BCUT2D eigenvalue weighted by atomic mass is 19.1. The lowest BCUT2D eigenvalue weighted by Crippen LogP contribution is -2.35. The Balaban J connectivity index is 2.05. The van der Waals surface area contributed by atoms with Crippen molar-refractivity contribution in [2.75, 3.05) is 18.0 Å². The third kappa shape index (κ3) is 3.28. The van der Waals surface area contributed by atoms with Gasteiger partial charge in [0.25, 0.3) is 0 Å². The van der Waals surface area contributed by atoms with Gasteiger partial charge in [0.2, 0.25) is 5.91 Å². The topological polar surface area (TPSA) is 86.9 Å². The van der Waals surface area contributed by atoms with Crippen molar-refractivity contribution in [3.63, 3.8) is 0 Å². The lowest BCUT2D eigenvalue weighted by Gasteiger charge is -2.30. The first-order valence-corrected chi connectivity index (χ1v) is 9.19. The Morgan fingerprint density at radius 2 is 2.12 bits per heavy atom. The summed E-state index contributed by atoms with van der Waals surface area (Å²) in [7, 11) is 0. The zero-order chi connectivity index (χ0) is 19.0. The van der Waals surface area contributed by atoms with Crippen LogP contribution in [-0.4, -0.2) is 41.1 Å². The summed E-state index contributed by atoms with van der Waals surface area (Å²) >= 11 is 0. The van der Waals surface area contributed by atoms with E-state index in [1.807, 2.05) is 13.8 Å². The van der Waals surface area contributed by atoms with Crippen LogP contribution in [0.3, 0.4) is 0 Å². The van der Waals surface area contributed by atoms with Gasteiger partial charge in [0, 0.05) is 13.1 Å². The van der Waals surface area contributed by atoms with E-state index in [0.29, 0.717) is 44.3 Å². The van der Waals surface area contributed by atoms with Crippen molar-refractivity contribution in [2.24, 2.45) is 11.7 Å². The van der Waals surface area contributed by atoms with Crippen LogP contribution in [0.4, 0.5) is 14.9 Å². The van der Waals surface area contributed by atoms with Crippen molar-refractivity contribution in [1.29, 1.82) is 0 Å². The molecule has 26 heavy (non-hydrogen) atoms. The molecule has 3 rings (SSSR count). The molecule has 2 atom stereocenters.